The van der Waals surface area contributed by atoms with E-state index in [1.807, 2.05) is 18.2 Å². The third-order valence-corrected chi connectivity index (χ3v) is 4.93. The molecule has 1 aromatic heterocycles. The first kappa shape index (κ1) is 18.1. The summed E-state index contributed by atoms with van der Waals surface area (Å²) in [5, 5.41) is 11.4. The number of nitrogens with zero attached hydrogens (tertiary/aromatic N) is 1. The van der Waals surface area contributed by atoms with Crippen LogP contribution in [0.3, 0.4) is 0 Å². The number of carbonyl (C=O) groups is 1. The van der Waals surface area contributed by atoms with Gasteiger partial charge in [-0.15, -0.1) is 0 Å². The van der Waals surface area contributed by atoms with Gasteiger partial charge in [-0.05, 0) is 41.2 Å². The Morgan fingerprint density at radius 1 is 1.19 bits per heavy atom. The van der Waals surface area contributed by atoms with E-state index in [0.717, 1.165) is 40.7 Å². The molecule has 2 aromatic carbocycles. The lowest BCUT2D eigenvalue weighted by Crippen LogP contribution is -2.15. The van der Waals surface area contributed by atoms with E-state index in [4.69, 9.17) is 5.73 Å². The SMILES string of the molecule is CCc1c(CC(N)=O)c2cc(O)c(C(C)C)cc2n1Cc1ccccc1. The molecule has 3 rings (SSSR count). The summed E-state index contributed by atoms with van der Waals surface area (Å²) >= 11 is 0. The standard InChI is InChI=1S/C22H26N2O2/c1-4-19-18(12-22(23)26)17-11-21(25)16(14(2)3)10-20(17)24(19)13-15-8-6-5-7-9-15/h5-11,14,25H,4,12-13H2,1-3H3,(H2,23,26). The van der Waals surface area contributed by atoms with Crippen LogP contribution in [0.5, 0.6) is 5.75 Å². The number of phenolic OH excluding ortho intramolecular Hbond substituents is 1. The van der Waals surface area contributed by atoms with Crippen LogP contribution in [0.4, 0.5) is 0 Å². The predicted molar refractivity (Wildman–Crippen MR) is 106 cm³/mol. The lowest BCUT2D eigenvalue weighted by molar-refractivity contribution is -0.117. The second-order valence-electron chi connectivity index (χ2n) is 7.08. The van der Waals surface area contributed by atoms with Gasteiger partial charge >= 0.3 is 0 Å². The van der Waals surface area contributed by atoms with E-state index < -0.39 is 0 Å². The van der Waals surface area contributed by atoms with Crippen LogP contribution in [0, 0.1) is 0 Å². The number of carbonyl (C=O) groups excluding carboxylic acids is 1. The topological polar surface area (TPSA) is 68.2 Å². The van der Waals surface area contributed by atoms with Crippen molar-refractivity contribution in [1.29, 1.82) is 0 Å². The van der Waals surface area contributed by atoms with E-state index >= 15 is 0 Å². The Kier molecular flexibility index (Phi) is 5.03. The van der Waals surface area contributed by atoms with Crippen molar-refractivity contribution in [3.8, 4) is 5.75 Å². The molecule has 0 fully saturated rings. The number of fused-ring (bicyclic) bond motifs is 1. The molecule has 1 heterocycles. The molecule has 0 aliphatic heterocycles. The van der Waals surface area contributed by atoms with Gasteiger partial charge in [-0.1, -0.05) is 51.1 Å². The largest absolute Gasteiger partial charge is 0.508 e. The van der Waals surface area contributed by atoms with E-state index in [0.29, 0.717) is 0 Å². The first-order valence-electron chi connectivity index (χ1n) is 9.11. The van der Waals surface area contributed by atoms with E-state index in [-0.39, 0.29) is 24.0 Å². The van der Waals surface area contributed by atoms with Gasteiger partial charge in [0.2, 0.25) is 5.91 Å². The zero-order valence-corrected chi connectivity index (χ0v) is 15.6. The van der Waals surface area contributed by atoms with Crippen LogP contribution < -0.4 is 5.73 Å². The molecule has 0 radical (unpaired) electrons. The number of nitrogens with two attached hydrogens (primary N) is 1. The summed E-state index contributed by atoms with van der Waals surface area (Å²) in [7, 11) is 0. The maximum atomic E-state index is 11.7. The van der Waals surface area contributed by atoms with Gasteiger partial charge in [0, 0.05) is 23.1 Å². The molecular weight excluding hydrogens is 324 g/mol. The molecule has 0 spiro atoms. The molecule has 4 nitrogen and oxygen atoms in total. The maximum absolute atomic E-state index is 11.7. The molecule has 0 unspecified atom stereocenters. The Bertz CT molecular complexity index is 940. The third-order valence-electron chi connectivity index (χ3n) is 4.93. The third kappa shape index (κ3) is 3.32. The summed E-state index contributed by atoms with van der Waals surface area (Å²) in [4.78, 5) is 11.7. The van der Waals surface area contributed by atoms with Crippen LogP contribution in [0.25, 0.3) is 10.9 Å². The van der Waals surface area contributed by atoms with Crippen molar-refractivity contribution in [3.05, 3.63) is 64.8 Å². The number of rotatable bonds is 6. The highest BCUT2D eigenvalue weighted by Crippen LogP contribution is 2.36. The zero-order chi connectivity index (χ0) is 18.8. The van der Waals surface area contributed by atoms with Gasteiger partial charge in [-0.3, -0.25) is 4.79 Å². The summed E-state index contributed by atoms with van der Waals surface area (Å²) in [5.74, 6) is 0.132. The van der Waals surface area contributed by atoms with Gasteiger partial charge < -0.3 is 15.4 Å². The van der Waals surface area contributed by atoms with Crippen LogP contribution in [-0.2, 0) is 24.2 Å². The molecule has 0 saturated heterocycles. The van der Waals surface area contributed by atoms with Crippen LogP contribution in [0.2, 0.25) is 0 Å². The molecule has 0 aliphatic rings. The monoisotopic (exact) mass is 350 g/mol. The molecule has 3 aromatic rings. The Balaban J connectivity index is 2.28. The van der Waals surface area contributed by atoms with Gasteiger partial charge in [0.05, 0.1) is 6.42 Å². The minimum Gasteiger partial charge on any atom is -0.508 e. The van der Waals surface area contributed by atoms with Crippen LogP contribution >= 0.6 is 0 Å². The average Bonchev–Trinajstić information content (AvgIpc) is 2.86. The average molecular weight is 350 g/mol. The molecule has 0 aliphatic carbocycles. The number of hydrogen-bond donors (Lipinski definition) is 2. The fraction of sp³-hybridized carbons (Fsp3) is 0.318. The molecule has 1 amide bonds. The molecule has 136 valence electrons. The van der Waals surface area contributed by atoms with Crippen molar-refractivity contribution < 1.29 is 9.90 Å². The van der Waals surface area contributed by atoms with Gasteiger partial charge in [0.15, 0.2) is 0 Å². The summed E-state index contributed by atoms with van der Waals surface area (Å²) in [5.41, 5.74) is 10.7. The van der Waals surface area contributed by atoms with Crippen molar-refractivity contribution in [1.82, 2.24) is 4.57 Å². The Morgan fingerprint density at radius 2 is 1.88 bits per heavy atom. The number of benzene rings is 2. The highest BCUT2D eigenvalue weighted by atomic mass is 16.3. The second-order valence-corrected chi connectivity index (χ2v) is 7.08. The van der Waals surface area contributed by atoms with Crippen molar-refractivity contribution in [2.45, 2.75) is 46.1 Å². The molecular formula is C22H26N2O2. The molecule has 0 saturated carbocycles. The Hall–Kier alpha value is -2.75. The fourth-order valence-electron chi connectivity index (χ4n) is 3.71. The number of hydrogen-bond acceptors (Lipinski definition) is 2. The molecule has 0 bridgehead atoms. The highest BCUT2D eigenvalue weighted by molar-refractivity contribution is 5.92. The number of aromatic hydroxyl groups is 1. The second kappa shape index (κ2) is 7.24. The predicted octanol–water partition coefficient (Wildman–Crippen LogP) is 4.11. The lowest BCUT2D eigenvalue weighted by Gasteiger charge is -2.13. The van der Waals surface area contributed by atoms with E-state index in [2.05, 4.69) is 43.5 Å². The Morgan fingerprint density at radius 3 is 2.46 bits per heavy atom. The van der Waals surface area contributed by atoms with Crippen molar-refractivity contribution >= 4 is 16.8 Å². The van der Waals surface area contributed by atoms with E-state index in [1.54, 1.807) is 6.07 Å². The number of aromatic nitrogens is 1. The van der Waals surface area contributed by atoms with E-state index in [1.165, 1.54) is 5.56 Å². The van der Waals surface area contributed by atoms with Gasteiger partial charge in [0.1, 0.15) is 5.75 Å². The summed E-state index contributed by atoms with van der Waals surface area (Å²) in [6.07, 6.45) is 0.976. The first-order chi connectivity index (χ1) is 12.4. The minimum atomic E-state index is -0.356. The molecule has 4 heteroatoms. The molecule has 0 atom stereocenters. The summed E-state index contributed by atoms with van der Waals surface area (Å²) in [6.45, 7) is 6.94. The number of primary amides is 1. The van der Waals surface area contributed by atoms with Crippen molar-refractivity contribution in [3.63, 3.8) is 0 Å². The minimum absolute atomic E-state index is 0.182. The van der Waals surface area contributed by atoms with E-state index in [9.17, 15) is 9.90 Å². The zero-order valence-electron chi connectivity index (χ0n) is 15.6. The van der Waals surface area contributed by atoms with Crippen LogP contribution in [-0.4, -0.2) is 15.6 Å². The smallest absolute Gasteiger partial charge is 0.221 e. The normalized spacial score (nSPS) is 11.4. The van der Waals surface area contributed by atoms with Crippen LogP contribution in [0.1, 0.15) is 49.1 Å². The highest BCUT2D eigenvalue weighted by Gasteiger charge is 2.20. The van der Waals surface area contributed by atoms with Gasteiger partial charge in [-0.25, -0.2) is 0 Å². The molecule has 26 heavy (non-hydrogen) atoms. The number of amides is 1. The quantitative estimate of drug-likeness (QED) is 0.702. The van der Waals surface area contributed by atoms with Crippen LogP contribution in [0.15, 0.2) is 42.5 Å². The maximum Gasteiger partial charge on any atom is 0.221 e. The lowest BCUT2D eigenvalue weighted by atomic mass is 9.98. The fourth-order valence-corrected chi connectivity index (χ4v) is 3.71. The summed E-state index contributed by atoms with van der Waals surface area (Å²) in [6, 6.07) is 14.1. The van der Waals surface area contributed by atoms with Gasteiger partial charge in [0.25, 0.3) is 0 Å². The summed E-state index contributed by atoms with van der Waals surface area (Å²) < 4.78 is 2.26. The Labute approximate surface area is 154 Å². The first-order valence-corrected chi connectivity index (χ1v) is 9.11. The van der Waals surface area contributed by atoms with Crippen molar-refractivity contribution in [2.24, 2.45) is 5.73 Å². The van der Waals surface area contributed by atoms with Crippen molar-refractivity contribution in [2.75, 3.05) is 0 Å². The number of phenols is 1. The molecule has 3 N–H and O–H groups in total. The van der Waals surface area contributed by atoms with Gasteiger partial charge in [-0.2, -0.15) is 0 Å².